The highest BCUT2D eigenvalue weighted by atomic mass is 32.2. The second-order valence-corrected chi connectivity index (χ2v) is 11.3. The Morgan fingerprint density at radius 3 is 2.26 bits per heavy atom. The Kier molecular flexibility index (Phi) is 8.87. The Bertz CT molecular complexity index is 1770. The number of nitrogens with one attached hydrogen (secondary N) is 1. The van der Waals surface area contributed by atoms with Crippen LogP contribution < -0.4 is 10.1 Å². The molecule has 1 aliphatic heterocycles. The quantitative estimate of drug-likeness (QED) is 0.277. The number of anilines is 1. The minimum Gasteiger partial charge on any atom is -0.495 e. The maximum atomic E-state index is 13.2. The van der Waals surface area contributed by atoms with Crippen LogP contribution in [0.15, 0.2) is 88.2 Å². The maximum absolute atomic E-state index is 13.2. The molecular formula is C31H27N3O8S. The predicted molar refractivity (Wildman–Crippen MR) is 156 cm³/mol. The molecule has 2 heterocycles. The minimum atomic E-state index is -3.99. The summed E-state index contributed by atoms with van der Waals surface area (Å²) >= 11 is 0. The van der Waals surface area contributed by atoms with Crippen LogP contribution in [-0.2, 0) is 24.3 Å². The molecule has 0 unspecified atom stereocenters. The average molecular weight is 602 g/mol. The molecule has 0 radical (unpaired) electrons. The van der Waals surface area contributed by atoms with E-state index in [1.54, 1.807) is 0 Å². The molecule has 0 aliphatic carbocycles. The molecular weight excluding hydrogens is 574 g/mol. The summed E-state index contributed by atoms with van der Waals surface area (Å²) in [6.07, 6.45) is 0. The van der Waals surface area contributed by atoms with E-state index >= 15 is 0 Å². The number of amides is 1. The Labute approximate surface area is 248 Å². The van der Waals surface area contributed by atoms with Gasteiger partial charge >= 0.3 is 5.97 Å². The van der Waals surface area contributed by atoms with Crippen molar-refractivity contribution in [3.8, 4) is 34.3 Å². The van der Waals surface area contributed by atoms with Crippen LogP contribution in [0.3, 0.4) is 0 Å². The number of morpholine rings is 1. The smallest absolute Gasteiger partial charge is 0.338 e. The number of hydrogen-bond acceptors (Lipinski definition) is 9. The molecule has 1 N–H and O–H groups in total. The van der Waals surface area contributed by atoms with Gasteiger partial charge in [-0.1, -0.05) is 60.7 Å². The van der Waals surface area contributed by atoms with E-state index in [2.05, 4.69) is 11.4 Å². The van der Waals surface area contributed by atoms with Crippen molar-refractivity contribution in [3.05, 3.63) is 90.0 Å². The van der Waals surface area contributed by atoms with Crippen molar-refractivity contribution in [2.24, 2.45) is 0 Å². The predicted octanol–water partition coefficient (Wildman–Crippen LogP) is 4.31. The van der Waals surface area contributed by atoms with E-state index in [9.17, 15) is 23.3 Å². The van der Waals surface area contributed by atoms with Crippen LogP contribution in [0, 0.1) is 11.3 Å². The lowest BCUT2D eigenvalue weighted by atomic mass is 9.98. The van der Waals surface area contributed by atoms with Gasteiger partial charge in [-0.3, -0.25) is 10.1 Å². The topological polar surface area (TPSA) is 148 Å². The first kappa shape index (κ1) is 29.5. The maximum Gasteiger partial charge on any atom is 0.338 e. The second kappa shape index (κ2) is 12.9. The van der Waals surface area contributed by atoms with Gasteiger partial charge in [-0.05, 0) is 23.8 Å². The van der Waals surface area contributed by atoms with Gasteiger partial charge in [0.2, 0.25) is 15.9 Å². The number of esters is 1. The van der Waals surface area contributed by atoms with E-state index in [4.69, 9.17) is 18.6 Å². The van der Waals surface area contributed by atoms with Crippen LogP contribution in [-0.4, -0.2) is 64.6 Å². The van der Waals surface area contributed by atoms with Crippen LogP contribution in [0.25, 0.3) is 22.5 Å². The zero-order valence-electron chi connectivity index (χ0n) is 23.1. The SMILES string of the molecule is COc1ccc(C(=O)OCC(=O)Nc2oc(-c3ccccc3)c(-c3ccccc3)c2C#N)cc1S(=O)(=O)N1CCOCC1. The van der Waals surface area contributed by atoms with E-state index in [0.29, 0.717) is 16.9 Å². The van der Waals surface area contributed by atoms with E-state index in [-0.39, 0.29) is 54.0 Å². The number of carbonyl (C=O) groups is 2. The van der Waals surface area contributed by atoms with Crippen LogP contribution in [0.4, 0.5) is 5.88 Å². The van der Waals surface area contributed by atoms with Crippen LogP contribution in [0.1, 0.15) is 15.9 Å². The third-order valence-corrected chi connectivity index (χ3v) is 8.61. The summed E-state index contributed by atoms with van der Waals surface area (Å²) in [6, 6.07) is 24.3. The molecule has 0 atom stereocenters. The molecule has 0 saturated carbocycles. The van der Waals surface area contributed by atoms with Gasteiger partial charge in [-0.15, -0.1) is 0 Å². The summed E-state index contributed by atoms with van der Waals surface area (Å²) in [5.74, 6) is -1.32. The molecule has 12 heteroatoms. The molecule has 43 heavy (non-hydrogen) atoms. The minimum absolute atomic E-state index is 0.0612. The summed E-state index contributed by atoms with van der Waals surface area (Å²) in [7, 11) is -2.66. The second-order valence-electron chi connectivity index (χ2n) is 9.36. The fraction of sp³-hybridized carbons (Fsp3) is 0.194. The van der Waals surface area contributed by atoms with E-state index < -0.39 is 28.5 Å². The number of ether oxygens (including phenoxy) is 3. The fourth-order valence-electron chi connectivity index (χ4n) is 4.61. The summed E-state index contributed by atoms with van der Waals surface area (Å²) in [4.78, 5) is 25.5. The number of benzene rings is 3. The van der Waals surface area contributed by atoms with Crippen molar-refractivity contribution in [1.82, 2.24) is 4.31 Å². The van der Waals surface area contributed by atoms with Crippen LogP contribution >= 0.6 is 0 Å². The molecule has 220 valence electrons. The van der Waals surface area contributed by atoms with Crippen molar-refractivity contribution in [2.75, 3.05) is 45.3 Å². The van der Waals surface area contributed by atoms with E-state index in [1.165, 1.54) is 23.5 Å². The summed E-state index contributed by atoms with van der Waals surface area (Å²) in [5.41, 5.74) is 1.95. The average Bonchev–Trinajstić information content (AvgIpc) is 3.42. The molecule has 0 spiro atoms. The van der Waals surface area contributed by atoms with Crippen molar-refractivity contribution < 1.29 is 36.6 Å². The molecule has 3 aromatic carbocycles. The molecule has 1 saturated heterocycles. The highest BCUT2D eigenvalue weighted by Gasteiger charge is 2.30. The lowest BCUT2D eigenvalue weighted by Crippen LogP contribution is -2.40. The molecule has 1 aromatic heterocycles. The summed E-state index contributed by atoms with van der Waals surface area (Å²) in [5, 5.41) is 12.5. The van der Waals surface area contributed by atoms with E-state index in [0.717, 1.165) is 11.6 Å². The lowest BCUT2D eigenvalue weighted by Gasteiger charge is -2.26. The van der Waals surface area contributed by atoms with Crippen molar-refractivity contribution in [2.45, 2.75) is 4.90 Å². The Morgan fingerprint density at radius 2 is 1.63 bits per heavy atom. The summed E-state index contributed by atoms with van der Waals surface area (Å²) < 4.78 is 49.4. The number of rotatable bonds is 9. The third-order valence-electron chi connectivity index (χ3n) is 6.69. The monoisotopic (exact) mass is 601 g/mol. The first-order valence-electron chi connectivity index (χ1n) is 13.2. The van der Waals surface area contributed by atoms with Gasteiger partial charge in [0.1, 0.15) is 28.0 Å². The van der Waals surface area contributed by atoms with Gasteiger partial charge in [0, 0.05) is 24.2 Å². The van der Waals surface area contributed by atoms with Crippen molar-refractivity contribution in [1.29, 1.82) is 5.26 Å². The number of sulfonamides is 1. The normalized spacial score (nSPS) is 13.6. The van der Waals surface area contributed by atoms with Crippen molar-refractivity contribution >= 4 is 27.8 Å². The number of hydrogen-bond donors (Lipinski definition) is 1. The number of nitrogens with zero attached hydrogens (tertiary/aromatic N) is 2. The number of carbonyl (C=O) groups excluding carboxylic acids is 2. The van der Waals surface area contributed by atoms with Gasteiger partial charge in [-0.2, -0.15) is 9.57 Å². The van der Waals surface area contributed by atoms with Gasteiger partial charge in [-0.25, -0.2) is 13.2 Å². The Morgan fingerprint density at radius 1 is 0.977 bits per heavy atom. The van der Waals surface area contributed by atoms with E-state index in [1.807, 2.05) is 60.7 Å². The molecule has 11 nitrogen and oxygen atoms in total. The van der Waals surface area contributed by atoms with Crippen LogP contribution in [0.2, 0.25) is 0 Å². The standard InChI is InChI=1S/C31H27N3O8S/c1-39-25-13-12-23(18-26(25)43(37,38)34-14-16-40-17-15-34)31(36)41-20-27(35)33-30-24(19-32)28(21-8-4-2-5-9-21)29(42-30)22-10-6-3-7-11-22/h2-13,18H,14-17,20H2,1H3,(H,33,35). The molecule has 0 bridgehead atoms. The molecule has 1 aliphatic rings. The lowest BCUT2D eigenvalue weighted by molar-refractivity contribution is -0.119. The zero-order chi connectivity index (χ0) is 30.4. The van der Waals surface area contributed by atoms with Gasteiger partial charge < -0.3 is 18.6 Å². The number of methoxy groups -OCH3 is 1. The highest BCUT2D eigenvalue weighted by molar-refractivity contribution is 7.89. The Balaban J connectivity index is 1.35. The summed E-state index contributed by atoms with van der Waals surface area (Å²) in [6.45, 7) is 0.109. The molecule has 1 fully saturated rings. The Hall–Kier alpha value is -4.96. The highest BCUT2D eigenvalue weighted by Crippen LogP contribution is 2.41. The van der Waals surface area contributed by atoms with Gasteiger partial charge in [0.05, 0.1) is 25.9 Å². The van der Waals surface area contributed by atoms with Crippen LogP contribution in [0.5, 0.6) is 5.75 Å². The third kappa shape index (κ3) is 6.29. The van der Waals surface area contributed by atoms with Gasteiger partial charge in [0.25, 0.3) is 5.91 Å². The molecule has 4 aromatic rings. The number of furan rings is 1. The molecule has 5 rings (SSSR count). The first-order valence-corrected chi connectivity index (χ1v) is 14.7. The number of nitriles is 1. The zero-order valence-corrected chi connectivity index (χ0v) is 23.9. The van der Waals surface area contributed by atoms with Crippen molar-refractivity contribution in [3.63, 3.8) is 0 Å². The largest absolute Gasteiger partial charge is 0.495 e. The fourth-order valence-corrected chi connectivity index (χ4v) is 6.20. The molecule has 1 amide bonds. The first-order chi connectivity index (χ1) is 20.8. The van der Waals surface area contributed by atoms with Gasteiger partial charge in [0.15, 0.2) is 6.61 Å².